The van der Waals surface area contributed by atoms with Crippen LogP contribution in [0.5, 0.6) is 0 Å². The van der Waals surface area contributed by atoms with E-state index in [0.29, 0.717) is 22.7 Å². The molecular formula is C37H42ClN3O4S. The van der Waals surface area contributed by atoms with Crippen LogP contribution < -0.4 is 9.62 Å². The standard InChI is InChI=1S/C37H42ClN3O4S/c1-6-29(5)39-37(43)35(23-30-12-8-7-9-13-30)40(24-31-14-10-11-15-34(31)38)36(42)25-41(32-19-18-27(3)28(4)22-32)46(44,45)33-20-16-26(2)17-21-33/h7-22,29,35H,6,23-25H2,1-5H3,(H,39,43). The fourth-order valence-corrected chi connectivity index (χ4v) is 6.65. The van der Waals surface area contributed by atoms with Gasteiger partial charge in [-0.15, -0.1) is 0 Å². The van der Waals surface area contributed by atoms with Crippen LogP contribution in [0.15, 0.2) is 102 Å². The molecule has 0 saturated heterocycles. The largest absolute Gasteiger partial charge is 0.352 e. The number of carbonyl (C=O) groups excluding carboxylic acids is 2. The van der Waals surface area contributed by atoms with E-state index in [1.54, 1.807) is 54.6 Å². The summed E-state index contributed by atoms with van der Waals surface area (Å²) in [5, 5.41) is 3.49. The van der Waals surface area contributed by atoms with Gasteiger partial charge in [0.05, 0.1) is 10.6 Å². The second-order valence-corrected chi connectivity index (χ2v) is 14.0. The first-order valence-electron chi connectivity index (χ1n) is 15.4. The second-order valence-electron chi connectivity index (χ2n) is 11.7. The molecule has 2 unspecified atom stereocenters. The third-order valence-electron chi connectivity index (χ3n) is 8.24. The number of benzene rings is 4. The molecule has 9 heteroatoms. The minimum atomic E-state index is -4.18. The lowest BCUT2D eigenvalue weighted by Crippen LogP contribution is -2.54. The maximum absolute atomic E-state index is 14.6. The Morgan fingerprint density at radius 2 is 1.50 bits per heavy atom. The van der Waals surface area contributed by atoms with E-state index in [1.807, 2.05) is 77.1 Å². The third kappa shape index (κ3) is 8.56. The Hall–Kier alpha value is -4.14. The van der Waals surface area contributed by atoms with Gasteiger partial charge in [0.15, 0.2) is 0 Å². The monoisotopic (exact) mass is 659 g/mol. The predicted octanol–water partition coefficient (Wildman–Crippen LogP) is 7.02. The molecule has 2 atom stereocenters. The molecule has 4 aromatic carbocycles. The van der Waals surface area contributed by atoms with Gasteiger partial charge in [-0.25, -0.2) is 8.42 Å². The van der Waals surface area contributed by atoms with E-state index in [9.17, 15) is 18.0 Å². The molecule has 4 rings (SSSR count). The van der Waals surface area contributed by atoms with Crippen molar-refractivity contribution < 1.29 is 18.0 Å². The molecule has 0 aliphatic heterocycles. The number of hydrogen-bond donors (Lipinski definition) is 1. The summed E-state index contributed by atoms with van der Waals surface area (Å²) in [6.45, 7) is 9.09. The number of aryl methyl sites for hydroxylation is 3. The SMILES string of the molecule is CCC(C)NC(=O)C(Cc1ccccc1)N(Cc1ccccc1Cl)C(=O)CN(c1ccc(C)c(C)c1)S(=O)(=O)c1ccc(C)cc1. The van der Waals surface area contributed by atoms with Gasteiger partial charge in [-0.2, -0.15) is 0 Å². The molecule has 0 aliphatic rings. The summed E-state index contributed by atoms with van der Waals surface area (Å²) >= 11 is 6.58. The number of nitrogens with zero attached hydrogens (tertiary/aromatic N) is 2. The molecule has 0 aliphatic carbocycles. The highest BCUT2D eigenvalue weighted by molar-refractivity contribution is 7.92. The summed E-state index contributed by atoms with van der Waals surface area (Å²) in [6, 6.07) is 27.4. The van der Waals surface area contributed by atoms with E-state index in [1.165, 1.54) is 4.90 Å². The van der Waals surface area contributed by atoms with E-state index < -0.39 is 28.5 Å². The maximum Gasteiger partial charge on any atom is 0.264 e. The van der Waals surface area contributed by atoms with Crippen LogP contribution in [0.1, 0.15) is 48.1 Å². The summed E-state index contributed by atoms with van der Waals surface area (Å²) in [5.41, 5.74) is 4.66. The molecular weight excluding hydrogens is 618 g/mol. The van der Waals surface area contributed by atoms with Crippen molar-refractivity contribution in [3.8, 4) is 0 Å². The van der Waals surface area contributed by atoms with Gasteiger partial charge in [0, 0.05) is 24.0 Å². The van der Waals surface area contributed by atoms with Gasteiger partial charge >= 0.3 is 0 Å². The van der Waals surface area contributed by atoms with Crippen LogP contribution in [0.25, 0.3) is 0 Å². The van der Waals surface area contributed by atoms with Gasteiger partial charge in [-0.05, 0) is 86.7 Å². The van der Waals surface area contributed by atoms with Crippen LogP contribution in [-0.2, 0) is 32.6 Å². The summed E-state index contributed by atoms with van der Waals surface area (Å²) in [4.78, 5) is 30.1. The van der Waals surface area contributed by atoms with Crippen LogP contribution in [0.2, 0.25) is 5.02 Å². The van der Waals surface area contributed by atoms with Crippen molar-refractivity contribution in [1.82, 2.24) is 10.2 Å². The molecule has 0 fully saturated rings. The zero-order valence-corrected chi connectivity index (χ0v) is 28.6. The number of sulfonamides is 1. The molecule has 242 valence electrons. The summed E-state index contributed by atoms with van der Waals surface area (Å²) in [7, 11) is -4.18. The van der Waals surface area contributed by atoms with Crippen LogP contribution in [-0.4, -0.2) is 43.8 Å². The lowest BCUT2D eigenvalue weighted by molar-refractivity contribution is -0.140. The zero-order valence-electron chi connectivity index (χ0n) is 27.0. The van der Waals surface area contributed by atoms with Crippen LogP contribution >= 0.6 is 11.6 Å². The Kier molecular flexibility index (Phi) is 11.7. The normalized spacial score (nSPS) is 12.7. The maximum atomic E-state index is 14.6. The predicted molar refractivity (Wildman–Crippen MR) is 185 cm³/mol. The Balaban J connectivity index is 1.83. The Morgan fingerprint density at radius 1 is 0.848 bits per heavy atom. The van der Waals surface area contributed by atoms with Crippen LogP contribution in [0.3, 0.4) is 0 Å². The number of anilines is 1. The average Bonchev–Trinajstić information content (AvgIpc) is 3.04. The molecule has 0 saturated carbocycles. The minimum Gasteiger partial charge on any atom is -0.352 e. The first-order chi connectivity index (χ1) is 21.9. The lowest BCUT2D eigenvalue weighted by Gasteiger charge is -2.34. The highest BCUT2D eigenvalue weighted by atomic mass is 35.5. The average molecular weight is 660 g/mol. The molecule has 2 amide bonds. The first kappa shape index (κ1) is 34.7. The number of halogens is 1. The summed E-state index contributed by atoms with van der Waals surface area (Å²) in [5.74, 6) is -0.855. The number of amides is 2. The molecule has 0 aromatic heterocycles. The van der Waals surface area contributed by atoms with E-state index in [-0.39, 0.29) is 29.8 Å². The Labute approximate surface area is 278 Å². The van der Waals surface area contributed by atoms with Crippen molar-refractivity contribution in [1.29, 1.82) is 0 Å². The molecule has 4 aromatic rings. The highest BCUT2D eigenvalue weighted by Gasteiger charge is 2.35. The minimum absolute atomic E-state index is 0.00920. The fraction of sp³-hybridized carbons (Fsp3) is 0.297. The third-order valence-corrected chi connectivity index (χ3v) is 10.4. The van der Waals surface area contributed by atoms with Crippen LogP contribution in [0, 0.1) is 20.8 Å². The molecule has 7 nitrogen and oxygen atoms in total. The quantitative estimate of drug-likeness (QED) is 0.167. The number of carbonyl (C=O) groups is 2. The van der Waals surface area contributed by atoms with Gasteiger partial charge in [0.2, 0.25) is 11.8 Å². The van der Waals surface area contributed by atoms with Gasteiger partial charge in [-0.3, -0.25) is 13.9 Å². The van der Waals surface area contributed by atoms with E-state index in [2.05, 4.69) is 5.32 Å². The van der Waals surface area contributed by atoms with Gasteiger partial charge in [0.1, 0.15) is 12.6 Å². The number of hydrogen-bond acceptors (Lipinski definition) is 4. The fourth-order valence-electron chi connectivity index (χ4n) is 5.05. The zero-order chi connectivity index (χ0) is 33.4. The van der Waals surface area contributed by atoms with Gasteiger partial charge in [-0.1, -0.05) is 90.8 Å². The Bertz CT molecular complexity index is 1760. The molecule has 0 bridgehead atoms. The first-order valence-corrected chi connectivity index (χ1v) is 17.3. The van der Waals surface area contributed by atoms with Crippen molar-refractivity contribution in [2.45, 2.75) is 71.0 Å². The van der Waals surface area contributed by atoms with E-state index in [4.69, 9.17) is 11.6 Å². The lowest BCUT2D eigenvalue weighted by atomic mass is 10.0. The topological polar surface area (TPSA) is 86.8 Å². The van der Waals surface area contributed by atoms with E-state index >= 15 is 0 Å². The molecule has 46 heavy (non-hydrogen) atoms. The van der Waals surface area contributed by atoms with Crippen molar-refractivity contribution >= 4 is 39.1 Å². The van der Waals surface area contributed by atoms with Gasteiger partial charge < -0.3 is 10.2 Å². The van der Waals surface area contributed by atoms with Crippen molar-refractivity contribution in [2.24, 2.45) is 0 Å². The second kappa shape index (κ2) is 15.4. The van der Waals surface area contributed by atoms with Crippen LogP contribution in [0.4, 0.5) is 5.69 Å². The molecule has 1 N–H and O–H groups in total. The van der Waals surface area contributed by atoms with Crippen molar-refractivity contribution in [2.75, 3.05) is 10.8 Å². The van der Waals surface area contributed by atoms with E-state index in [0.717, 1.165) is 26.6 Å². The Morgan fingerprint density at radius 3 is 2.13 bits per heavy atom. The molecule has 0 radical (unpaired) electrons. The number of rotatable bonds is 13. The molecule has 0 spiro atoms. The van der Waals surface area contributed by atoms with Crippen molar-refractivity contribution in [3.63, 3.8) is 0 Å². The smallest absolute Gasteiger partial charge is 0.264 e. The summed E-state index contributed by atoms with van der Waals surface area (Å²) < 4.78 is 29.6. The highest BCUT2D eigenvalue weighted by Crippen LogP contribution is 2.28. The number of nitrogens with one attached hydrogen (secondary N) is 1. The summed E-state index contributed by atoms with van der Waals surface area (Å²) in [6.07, 6.45) is 0.936. The van der Waals surface area contributed by atoms with Gasteiger partial charge in [0.25, 0.3) is 10.0 Å². The van der Waals surface area contributed by atoms with Crippen molar-refractivity contribution in [3.05, 3.63) is 130 Å². The molecule has 0 heterocycles.